The molecule has 2 aromatic carbocycles. The van der Waals surface area contributed by atoms with Gasteiger partial charge in [-0.2, -0.15) is 0 Å². The molecule has 3 aromatic rings. The Morgan fingerprint density at radius 3 is 2.18 bits per heavy atom. The van der Waals surface area contributed by atoms with Crippen LogP contribution in [0.5, 0.6) is 5.75 Å². The number of unbranched alkanes of at least 4 members (excludes halogenated alkanes) is 1. The van der Waals surface area contributed by atoms with Gasteiger partial charge in [0.1, 0.15) is 17.8 Å². The Hall–Kier alpha value is -3.28. The van der Waals surface area contributed by atoms with E-state index >= 15 is 0 Å². The van der Waals surface area contributed by atoms with Gasteiger partial charge < -0.3 is 21.1 Å². The van der Waals surface area contributed by atoms with E-state index in [1.165, 1.54) is 17.5 Å². The predicted molar refractivity (Wildman–Crippen MR) is 116 cm³/mol. The summed E-state index contributed by atoms with van der Waals surface area (Å²) < 4.78 is 5.69. The van der Waals surface area contributed by atoms with E-state index in [2.05, 4.69) is 53.5 Å². The van der Waals surface area contributed by atoms with Crippen molar-refractivity contribution in [1.29, 1.82) is 0 Å². The Morgan fingerprint density at radius 1 is 0.893 bits per heavy atom. The largest absolute Gasteiger partial charge is 0.494 e. The maximum absolute atomic E-state index is 6.28. The highest BCUT2D eigenvalue weighted by Gasteiger charge is 2.09. The average Bonchev–Trinajstić information content (AvgIpc) is 2.69. The number of benzene rings is 2. The molecule has 146 valence electrons. The van der Waals surface area contributed by atoms with E-state index in [9.17, 15) is 0 Å². The smallest absolute Gasteiger partial charge is 0.159 e. The Morgan fingerprint density at radius 2 is 1.54 bits per heavy atom. The SMILES string of the molecule is CCCCOc1ccc(Nc2ncnc(Nc3ccc(C)c(C)c3)c2N)cc1. The Bertz CT molecular complexity index is 925. The van der Waals surface area contributed by atoms with E-state index in [1.807, 2.05) is 30.3 Å². The second-order valence-corrected chi connectivity index (χ2v) is 6.76. The molecule has 0 unspecified atom stereocenters. The van der Waals surface area contributed by atoms with Crippen LogP contribution in [0, 0.1) is 13.8 Å². The molecule has 28 heavy (non-hydrogen) atoms. The van der Waals surface area contributed by atoms with Crippen molar-refractivity contribution in [2.45, 2.75) is 33.6 Å². The van der Waals surface area contributed by atoms with Crippen LogP contribution in [0.25, 0.3) is 0 Å². The lowest BCUT2D eigenvalue weighted by Crippen LogP contribution is -2.05. The zero-order chi connectivity index (χ0) is 19.9. The van der Waals surface area contributed by atoms with Gasteiger partial charge in [0.25, 0.3) is 0 Å². The number of ether oxygens (including phenoxy) is 1. The molecule has 0 aliphatic heterocycles. The fourth-order valence-electron chi connectivity index (χ4n) is 2.66. The minimum Gasteiger partial charge on any atom is -0.494 e. The molecule has 0 bridgehead atoms. The molecule has 0 radical (unpaired) electrons. The highest BCUT2D eigenvalue weighted by atomic mass is 16.5. The normalized spacial score (nSPS) is 10.5. The van der Waals surface area contributed by atoms with E-state index in [0.717, 1.165) is 36.6 Å². The van der Waals surface area contributed by atoms with E-state index in [0.29, 0.717) is 17.3 Å². The number of anilines is 5. The topological polar surface area (TPSA) is 85.1 Å². The van der Waals surface area contributed by atoms with Crippen molar-refractivity contribution in [1.82, 2.24) is 9.97 Å². The third-order valence-corrected chi connectivity index (χ3v) is 4.54. The predicted octanol–water partition coefficient (Wildman–Crippen LogP) is 5.34. The van der Waals surface area contributed by atoms with Gasteiger partial charge in [-0.25, -0.2) is 9.97 Å². The number of aryl methyl sites for hydroxylation is 2. The summed E-state index contributed by atoms with van der Waals surface area (Å²) in [4.78, 5) is 8.55. The van der Waals surface area contributed by atoms with Crippen LogP contribution in [0.3, 0.4) is 0 Å². The van der Waals surface area contributed by atoms with Crippen LogP contribution in [0.1, 0.15) is 30.9 Å². The average molecular weight is 377 g/mol. The summed E-state index contributed by atoms with van der Waals surface area (Å²) in [6, 6.07) is 13.9. The van der Waals surface area contributed by atoms with E-state index < -0.39 is 0 Å². The second-order valence-electron chi connectivity index (χ2n) is 6.76. The fraction of sp³-hybridized carbons (Fsp3) is 0.273. The first kappa shape index (κ1) is 19.5. The van der Waals surface area contributed by atoms with Crippen LogP contribution >= 0.6 is 0 Å². The molecule has 1 aromatic heterocycles. The third kappa shape index (κ3) is 4.91. The zero-order valence-corrected chi connectivity index (χ0v) is 16.6. The number of hydrogen-bond acceptors (Lipinski definition) is 6. The number of nitrogen functional groups attached to an aromatic ring is 1. The number of hydrogen-bond donors (Lipinski definition) is 3. The van der Waals surface area contributed by atoms with E-state index in [-0.39, 0.29) is 0 Å². The van der Waals surface area contributed by atoms with Gasteiger partial charge in [0, 0.05) is 11.4 Å². The molecule has 6 nitrogen and oxygen atoms in total. The summed E-state index contributed by atoms with van der Waals surface area (Å²) in [5.41, 5.74) is 11.0. The molecule has 6 heteroatoms. The summed E-state index contributed by atoms with van der Waals surface area (Å²) >= 11 is 0. The maximum Gasteiger partial charge on any atom is 0.159 e. The van der Waals surface area contributed by atoms with Crippen LogP contribution in [-0.2, 0) is 0 Å². The maximum atomic E-state index is 6.28. The highest BCUT2D eigenvalue weighted by molar-refractivity contribution is 5.80. The van der Waals surface area contributed by atoms with Gasteiger partial charge in [0.15, 0.2) is 11.6 Å². The molecule has 0 saturated carbocycles. The highest BCUT2D eigenvalue weighted by Crippen LogP contribution is 2.29. The third-order valence-electron chi connectivity index (χ3n) is 4.54. The molecule has 0 atom stereocenters. The summed E-state index contributed by atoms with van der Waals surface area (Å²) in [7, 11) is 0. The summed E-state index contributed by atoms with van der Waals surface area (Å²) in [6.45, 7) is 7.04. The van der Waals surface area contributed by atoms with E-state index in [1.54, 1.807) is 0 Å². The van der Waals surface area contributed by atoms with Crippen LogP contribution in [0.15, 0.2) is 48.8 Å². The first-order chi connectivity index (χ1) is 13.6. The molecule has 0 aliphatic carbocycles. The molecular formula is C22H27N5O. The van der Waals surface area contributed by atoms with Gasteiger partial charge in [-0.05, 0) is 67.8 Å². The standard InChI is InChI=1S/C22H27N5O/c1-4-5-12-28-19-10-8-17(9-11-19)26-21-20(23)22(25-14-24-21)27-18-7-6-15(2)16(3)13-18/h6-11,13-14H,4-5,12,23H2,1-3H3,(H2,24,25,26,27). The molecule has 1 heterocycles. The lowest BCUT2D eigenvalue weighted by molar-refractivity contribution is 0.309. The van der Waals surface area contributed by atoms with Gasteiger partial charge in [-0.15, -0.1) is 0 Å². The van der Waals surface area contributed by atoms with Crippen LogP contribution in [-0.4, -0.2) is 16.6 Å². The molecule has 0 fully saturated rings. The van der Waals surface area contributed by atoms with Gasteiger partial charge in [-0.1, -0.05) is 19.4 Å². The molecular weight excluding hydrogens is 350 g/mol. The number of nitrogens with zero attached hydrogens (tertiary/aromatic N) is 2. The van der Waals surface area contributed by atoms with Crippen molar-refractivity contribution in [3.8, 4) is 5.75 Å². The first-order valence-corrected chi connectivity index (χ1v) is 9.51. The molecule has 0 saturated heterocycles. The minimum atomic E-state index is 0.462. The van der Waals surface area contributed by atoms with Gasteiger partial charge >= 0.3 is 0 Å². The molecule has 4 N–H and O–H groups in total. The first-order valence-electron chi connectivity index (χ1n) is 9.51. The second kappa shape index (κ2) is 9.08. The summed E-state index contributed by atoms with van der Waals surface area (Å²) in [5.74, 6) is 1.98. The van der Waals surface area contributed by atoms with Gasteiger partial charge in [-0.3, -0.25) is 0 Å². The molecule has 0 amide bonds. The number of rotatable bonds is 8. The summed E-state index contributed by atoms with van der Waals surface area (Å²) in [6.07, 6.45) is 3.66. The Labute approximate surface area is 166 Å². The molecule has 0 aliphatic rings. The van der Waals surface area contributed by atoms with E-state index in [4.69, 9.17) is 10.5 Å². The van der Waals surface area contributed by atoms with Crippen molar-refractivity contribution in [3.63, 3.8) is 0 Å². The number of nitrogens with one attached hydrogen (secondary N) is 2. The number of aromatic nitrogens is 2. The van der Waals surface area contributed by atoms with Gasteiger partial charge in [0.2, 0.25) is 0 Å². The monoisotopic (exact) mass is 377 g/mol. The number of nitrogens with two attached hydrogens (primary N) is 1. The summed E-state index contributed by atoms with van der Waals surface area (Å²) in [5, 5.41) is 6.51. The molecule has 3 rings (SSSR count). The fourth-order valence-corrected chi connectivity index (χ4v) is 2.66. The molecule has 0 spiro atoms. The van der Waals surface area contributed by atoms with Crippen molar-refractivity contribution in [3.05, 3.63) is 59.9 Å². The zero-order valence-electron chi connectivity index (χ0n) is 16.6. The Kier molecular flexibility index (Phi) is 6.32. The van der Waals surface area contributed by atoms with Crippen LogP contribution < -0.4 is 21.1 Å². The van der Waals surface area contributed by atoms with Crippen molar-refractivity contribution >= 4 is 28.7 Å². The quantitative estimate of drug-likeness (QED) is 0.459. The van der Waals surface area contributed by atoms with Crippen molar-refractivity contribution in [2.75, 3.05) is 23.0 Å². The van der Waals surface area contributed by atoms with Crippen LogP contribution in [0.2, 0.25) is 0 Å². The van der Waals surface area contributed by atoms with Crippen LogP contribution in [0.4, 0.5) is 28.7 Å². The Balaban J connectivity index is 1.71. The van der Waals surface area contributed by atoms with Crippen molar-refractivity contribution < 1.29 is 4.74 Å². The minimum absolute atomic E-state index is 0.462. The lowest BCUT2D eigenvalue weighted by Gasteiger charge is -2.13. The van der Waals surface area contributed by atoms with Gasteiger partial charge in [0.05, 0.1) is 6.61 Å². The van der Waals surface area contributed by atoms with Crippen molar-refractivity contribution in [2.24, 2.45) is 0 Å². The lowest BCUT2D eigenvalue weighted by atomic mass is 10.1.